The van der Waals surface area contributed by atoms with Gasteiger partial charge in [0.15, 0.2) is 7.05 Å². The average molecular weight is 251 g/mol. The lowest BCUT2D eigenvalue weighted by molar-refractivity contribution is -0.787. The lowest BCUT2D eigenvalue weighted by Gasteiger charge is -1.86. The highest BCUT2D eigenvalue weighted by Crippen LogP contribution is 1.88. The predicted molar refractivity (Wildman–Crippen MR) is 32.7 cm³/mol. The molecule has 1 heterocycles. The zero-order valence-electron chi connectivity index (χ0n) is 6.30. The zero-order chi connectivity index (χ0) is 6.85. The Labute approximate surface area is 77.5 Å². The van der Waals surface area contributed by atoms with Gasteiger partial charge in [-0.2, -0.15) is 0 Å². The van der Waals surface area contributed by atoms with Crippen LogP contribution < -0.4 is 28.8 Å². The van der Waals surface area contributed by atoms with Gasteiger partial charge >= 0.3 is 0 Å². The van der Waals surface area contributed by atoms with Crippen LogP contribution in [0.1, 0.15) is 11.4 Å². The highest BCUT2D eigenvalue weighted by Gasteiger charge is 1.97. The summed E-state index contributed by atoms with van der Waals surface area (Å²) < 4.78 is 0. The molecule has 0 saturated heterocycles. The molecule has 0 radical (unpaired) electrons. The summed E-state index contributed by atoms with van der Waals surface area (Å²) in [6.45, 7) is 3.91. The van der Waals surface area contributed by atoms with Crippen LogP contribution in [0.2, 0.25) is 0 Å². The maximum Gasteiger partial charge on any atom is 0.193 e. The largest absolute Gasteiger partial charge is 1.00 e. The van der Waals surface area contributed by atoms with Crippen LogP contribution >= 0.6 is 0 Å². The van der Waals surface area contributed by atoms with Gasteiger partial charge in [0, 0.05) is 15.0 Å². The SMILES string of the molecule is Cc1cc(C)n[n+](C)n1.[I-]. The second-order valence-corrected chi connectivity index (χ2v) is 2.12. The van der Waals surface area contributed by atoms with E-state index in [0.717, 1.165) is 11.4 Å². The summed E-state index contributed by atoms with van der Waals surface area (Å²) in [5.41, 5.74) is 2.01. The fourth-order valence-corrected chi connectivity index (χ4v) is 0.839. The molecule has 1 aromatic heterocycles. The van der Waals surface area contributed by atoms with Crippen LogP contribution in [0.3, 0.4) is 0 Å². The van der Waals surface area contributed by atoms with Crippen LogP contribution in [0.4, 0.5) is 0 Å². The quantitative estimate of drug-likeness (QED) is 0.361. The lowest BCUT2D eigenvalue weighted by atomic mass is 10.4. The Kier molecular flexibility index (Phi) is 3.70. The number of rotatable bonds is 0. The van der Waals surface area contributed by atoms with Crippen molar-refractivity contribution < 1.29 is 28.8 Å². The molecule has 3 nitrogen and oxygen atoms in total. The minimum absolute atomic E-state index is 0. The van der Waals surface area contributed by atoms with E-state index in [1.54, 1.807) is 4.80 Å². The molecule has 0 aliphatic carbocycles. The van der Waals surface area contributed by atoms with E-state index < -0.39 is 0 Å². The van der Waals surface area contributed by atoms with Crippen LogP contribution in [0.15, 0.2) is 6.07 Å². The summed E-state index contributed by atoms with van der Waals surface area (Å²) >= 11 is 0. The molecule has 0 bridgehead atoms. The molecule has 0 aliphatic rings. The number of hydrogen-bond donors (Lipinski definition) is 0. The Morgan fingerprint density at radius 3 is 1.90 bits per heavy atom. The van der Waals surface area contributed by atoms with E-state index in [1.165, 1.54) is 0 Å². The minimum Gasteiger partial charge on any atom is -1.00 e. The summed E-state index contributed by atoms with van der Waals surface area (Å²) in [7, 11) is 1.82. The van der Waals surface area contributed by atoms with E-state index in [2.05, 4.69) is 10.2 Å². The molecule has 0 aliphatic heterocycles. The monoisotopic (exact) mass is 251 g/mol. The van der Waals surface area contributed by atoms with Crippen LogP contribution in [0, 0.1) is 13.8 Å². The fourth-order valence-electron chi connectivity index (χ4n) is 0.839. The highest BCUT2D eigenvalue weighted by molar-refractivity contribution is 4.99. The van der Waals surface area contributed by atoms with Gasteiger partial charge in [-0.25, -0.2) is 0 Å². The average Bonchev–Trinajstić information content (AvgIpc) is 1.59. The summed E-state index contributed by atoms with van der Waals surface area (Å²) in [4.78, 5) is 1.57. The van der Waals surface area contributed by atoms with Crippen molar-refractivity contribution in [2.24, 2.45) is 7.05 Å². The molecule has 0 atom stereocenters. The van der Waals surface area contributed by atoms with Gasteiger partial charge < -0.3 is 24.0 Å². The minimum atomic E-state index is 0. The third-order valence-electron chi connectivity index (χ3n) is 1.02. The van der Waals surface area contributed by atoms with Crippen molar-refractivity contribution in [1.29, 1.82) is 0 Å². The number of halogens is 1. The first kappa shape index (κ1) is 9.74. The van der Waals surface area contributed by atoms with Crippen molar-refractivity contribution in [2.75, 3.05) is 0 Å². The molecule has 1 rings (SSSR count). The van der Waals surface area contributed by atoms with Gasteiger partial charge in [-0.05, 0) is 19.9 Å². The second kappa shape index (κ2) is 3.80. The summed E-state index contributed by atoms with van der Waals surface area (Å²) in [5, 5.41) is 8.08. The van der Waals surface area contributed by atoms with E-state index in [1.807, 2.05) is 27.0 Å². The first-order chi connectivity index (χ1) is 4.18. The normalized spacial score (nSPS) is 8.70. The number of nitrogens with zero attached hydrogens (tertiary/aromatic N) is 3. The van der Waals surface area contributed by atoms with Gasteiger partial charge in [-0.3, -0.25) is 0 Å². The summed E-state index contributed by atoms with van der Waals surface area (Å²) in [6.07, 6.45) is 0. The first-order valence-electron chi connectivity index (χ1n) is 2.87. The van der Waals surface area contributed by atoms with Crippen molar-refractivity contribution in [3.05, 3.63) is 17.5 Å². The van der Waals surface area contributed by atoms with Gasteiger partial charge in [0.25, 0.3) is 0 Å². The van der Waals surface area contributed by atoms with Crippen LogP contribution in [0.25, 0.3) is 0 Å². The number of aryl methyl sites for hydroxylation is 3. The third kappa shape index (κ3) is 2.55. The molecular formula is C6H10IN3. The molecule has 0 amide bonds. The molecular weight excluding hydrogens is 241 g/mol. The Hall–Kier alpha value is -0.260. The number of aromatic nitrogens is 3. The summed E-state index contributed by atoms with van der Waals surface area (Å²) in [6, 6.07) is 1.94. The molecule has 0 unspecified atom stereocenters. The zero-order valence-corrected chi connectivity index (χ0v) is 8.45. The molecule has 0 saturated carbocycles. The fraction of sp³-hybridized carbons (Fsp3) is 0.500. The van der Waals surface area contributed by atoms with E-state index in [4.69, 9.17) is 0 Å². The van der Waals surface area contributed by atoms with E-state index in [0.29, 0.717) is 0 Å². The Balaban J connectivity index is 0.000000810. The Morgan fingerprint density at radius 1 is 1.20 bits per heavy atom. The molecule has 4 heteroatoms. The molecule has 0 N–H and O–H groups in total. The van der Waals surface area contributed by atoms with E-state index >= 15 is 0 Å². The maximum atomic E-state index is 4.04. The molecule has 1 aromatic rings. The smallest absolute Gasteiger partial charge is 0.193 e. The van der Waals surface area contributed by atoms with Crippen molar-refractivity contribution in [3.8, 4) is 0 Å². The third-order valence-corrected chi connectivity index (χ3v) is 1.02. The Bertz CT molecular complexity index is 174. The van der Waals surface area contributed by atoms with E-state index in [-0.39, 0.29) is 24.0 Å². The first-order valence-corrected chi connectivity index (χ1v) is 2.87. The van der Waals surface area contributed by atoms with Crippen molar-refractivity contribution in [3.63, 3.8) is 0 Å². The van der Waals surface area contributed by atoms with Crippen molar-refractivity contribution in [1.82, 2.24) is 10.2 Å². The van der Waals surface area contributed by atoms with Crippen LogP contribution in [0.5, 0.6) is 0 Å². The van der Waals surface area contributed by atoms with Crippen LogP contribution in [-0.2, 0) is 7.05 Å². The molecule has 0 spiro atoms. The Morgan fingerprint density at radius 2 is 1.60 bits per heavy atom. The standard InChI is InChI=1S/C6H10N3.HI/c1-5-4-6(2)8-9(3)7-5;/h4H,1-3H3;1H/q+1;/p-1. The van der Waals surface area contributed by atoms with Crippen molar-refractivity contribution >= 4 is 0 Å². The van der Waals surface area contributed by atoms with Crippen LogP contribution in [-0.4, -0.2) is 10.2 Å². The summed E-state index contributed by atoms with van der Waals surface area (Å²) in [5.74, 6) is 0. The van der Waals surface area contributed by atoms with Gasteiger partial charge in [0.2, 0.25) is 0 Å². The number of hydrogen-bond acceptors (Lipinski definition) is 2. The highest BCUT2D eigenvalue weighted by atomic mass is 127. The molecule has 56 valence electrons. The second-order valence-electron chi connectivity index (χ2n) is 2.12. The van der Waals surface area contributed by atoms with Gasteiger partial charge in [-0.15, -0.1) is 0 Å². The van der Waals surface area contributed by atoms with E-state index in [9.17, 15) is 0 Å². The molecule has 0 aromatic carbocycles. The van der Waals surface area contributed by atoms with Gasteiger partial charge in [-0.1, -0.05) is 0 Å². The maximum absolute atomic E-state index is 4.04. The van der Waals surface area contributed by atoms with Gasteiger partial charge in [0.05, 0.1) is 0 Å². The van der Waals surface area contributed by atoms with Crippen molar-refractivity contribution in [2.45, 2.75) is 13.8 Å². The van der Waals surface area contributed by atoms with Gasteiger partial charge in [0.1, 0.15) is 11.4 Å². The molecule has 10 heavy (non-hydrogen) atoms. The predicted octanol–water partition coefficient (Wildman–Crippen LogP) is -3.08. The lowest BCUT2D eigenvalue weighted by Crippen LogP contribution is -3.00. The molecule has 0 fully saturated rings. The topological polar surface area (TPSA) is 29.7 Å².